The fourth-order valence-electron chi connectivity index (χ4n) is 4.92. The van der Waals surface area contributed by atoms with Crippen LogP contribution in [0.5, 0.6) is 11.6 Å². The molecular formula is C26H25N9O3. The van der Waals surface area contributed by atoms with Crippen LogP contribution in [0.15, 0.2) is 36.8 Å². The van der Waals surface area contributed by atoms with Crippen molar-refractivity contribution in [1.29, 1.82) is 0 Å². The number of nitrogens with zero attached hydrogens (tertiary/aromatic N) is 8. The third-order valence-electron chi connectivity index (χ3n) is 7.08. The molecule has 6 rings (SSSR count). The molecule has 4 aromatic rings. The van der Waals surface area contributed by atoms with Crippen LogP contribution in [0.4, 0.5) is 17.3 Å². The smallest absolute Gasteiger partial charge is 0.274 e. The van der Waals surface area contributed by atoms with Crippen molar-refractivity contribution in [2.24, 2.45) is 12.5 Å². The van der Waals surface area contributed by atoms with Gasteiger partial charge in [-0.1, -0.05) is 6.57 Å². The molecule has 0 aromatic carbocycles. The summed E-state index contributed by atoms with van der Waals surface area (Å²) in [4.78, 5) is 31.3. The minimum absolute atomic E-state index is 0.0906. The molecule has 1 atom stereocenters. The Bertz CT molecular complexity index is 1570. The van der Waals surface area contributed by atoms with E-state index in [-0.39, 0.29) is 11.3 Å². The molecule has 12 nitrogen and oxygen atoms in total. The Kier molecular flexibility index (Phi) is 5.84. The average molecular weight is 512 g/mol. The number of imidazole rings is 1. The molecule has 2 aliphatic rings. The summed E-state index contributed by atoms with van der Waals surface area (Å²) in [6, 6.07) is 6.77. The highest BCUT2D eigenvalue weighted by Crippen LogP contribution is 2.38. The van der Waals surface area contributed by atoms with Gasteiger partial charge in [0.05, 0.1) is 18.6 Å². The van der Waals surface area contributed by atoms with Crippen molar-refractivity contribution in [3.05, 3.63) is 59.5 Å². The SMILES string of the molecule is [C-]#[N+]c1cc(C)c(Oc2cc(Nc3ccc(C(=O)N4CCC5(CCOC5)C4)nn3)c3ncn(C)c3n2)cn1. The summed E-state index contributed by atoms with van der Waals surface area (Å²) < 4.78 is 13.4. The Morgan fingerprint density at radius 3 is 2.87 bits per heavy atom. The number of hydrogen-bond donors (Lipinski definition) is 1. The van der Waals surface area contributed by atoms with Crippen LogP contribution < -0.4 is 10.1 Å². The van der Waals surface area contributed by atoms with Crippen molar-refractivity contribution in [3.8, 4) is 11.6 Å². The van der Waals surface area contributed by atoms with Gasteiger partial charge in [-0.15, -0.1) is 15.2 Å². The number of amides is 1. The number of fused-ring (bicyclic) bond motifs is 1. The van der Waals surface area contributed by atoms with Crippen LogP contribution in [0.1, 0.15) is 28.9 Å². The predicted octanol–water partition coefficient (Wildman–Crippen LogP) is 3.80. The maximum absolute atomic E-state index is 13.0. The highest BCUT2D eigenvalue weighted by molar-refractivity contribution is 5.93. The number of anilines is 2. The molecule has 0 saturated carbocycles. The molecule has 1 N–H and O–H groups in total. The lowest BCUT2D eigenvalue weighted by molar-refractivity contribution is 0.0759. The second-order valence-electron chi connectivity index (χ2n) is 9.77. The normalized spacial score (nSPS) is 18.7. The first-order valence-electron chi connectivity index (χ1n) is 12.2. The third-order valence-corrected chi connectivity index (χ3v) is 7.08. The van der Waals surface area contributed by atoms with Crippen LogP contribution in [0, 0.1) is 18.9 Å². The van der Waals surface area contributed by atoms with Crippen LogP contribution in [0.25, 0.3) is 16.0 Å². The van der Waals surface area contributed by atoms with Gasteiger partial charge in [0.25, 0.3) is 11.7 Å². The molecule has 0 bridgehead atoms. The van der Waals surface area contributed by atoms with Crippen molar-refractivity contribution < 1.29 is 14.3 Å². The molecule has 2 aliphatic heterocycles. The van der Waals surface area contributed by atoms with Crippen molar-refractivity contribution in [3.63, 3.8) is 0 Å². The summed E-state index contributed by atoms with van der Waals surface area (Å²) in [6.45, 7) is 11.9. The van der Waals surface area contributed by atoms with Gasteiger partial charge < -0.3 is 29.1 Å². The molecule has 0 aliphatic carbocycles. The Hall–Kier alpha value is -4.63. The monoisotopic (exact) mass is 511 g/mol. The zero-order valence-electron chi connectivity index (χ0n) is 21.0. The summed E-state index contributed by atoms with van der Waals surface area (Å²) in [7, 11) is 1.84. The van der Waals surface area contributed by atoms with Crippen molar-refractivity contribution in [2.45, 2.75) is 19.8 Å². The van der Waals surface area contributed by atoms with Gasteiger partial charge in [-0.3, -0.25) is 4.79 Å². The van der Waals surface area contributed by atoms with E-state index in [2.05, 4.69) is 35.3 Å². The van der Waals surface area contributed by atoms with Crippen molar-refractivity contribution in [1.82, 2.24) is 34.6 Å². The van der Waals surface area contributed by atoms with Gasteiger partial charge >= 0.3 is 0 Å². The average Bonchev–Trinajstić information content (AvgIpc) is 3.67. The van der Waals surface area contributed by atoms with Gasteiger partial charge in [-0.25, -0.2) is 4.98 Å². The minimum atomic E-state index is -0.118. The number of carbonyl (C=O) groups excluding carboxylic acids is 1. The number of likely N-dealkylation sites (tertiary alicyclic amines) is 1. The van der Waals surface area contributed by atoms with E-state index in [1.165, 1.54) is 6.20 Å². The maximum atomic E-state index is 13.0. The van der Waals surface area contributed by atoms with E-state index in [0.717, 1.165) is 25.0 Å². The first-order valence-corrected chi connectivity index (χ1v) is 12.2. The molecule has 2 saturated heterocycles. The highest BCUT2D eigenvalue weighted by atomic mass is 16.5. The van der Waals surface area contributed by atoms with Gasteiger partial charge in [-0.05, 0) is 43.5 Å². The number of carbonyl (C=O) groups is 1. The molecular weight excluding hydrogens is 486 g/mol. The van der Waals surface area contributed by atoms with Gasteiger partial charge in [0, 0.05) is 38.2 Å². The van der Waals surface area contributed by atoms with Crippen LogP contribution in [-0.4, -0.2) is 66.8 Å². The fraction of sp³-hybridized carbons (Fsp3) is 0.346. The van der Waals surface area contributed by atoms with E-state index in [1.54, 1.807) is 35.2 Å². The Morgan fingerprint density at radius 1 is 1.24 bits per heavy atom. The van der Waals surface area contributed by atoms with Gasteiger partial charge in [0.15, 0.2) is 29.1 Å². The lowest BCUT2D eigenvalue weighted by atomic mass is 9.87. The van der Waals surface area contributed by atoms with Crippen LogP contribution in [-0.2, 0) is 11.8 Å². The molecule has 1 unspecified atom stereocenters. The standard InChI is InChI=1S/C26H25N9O3/c1-16-10-21(27-2)28-12-19(16)38-22-11-18(23-24(31-22)34(3)15-29-23)30-20-5-4-17(32-33-20)25(36)35-8-6-26(13-35)7-9-37-14-26/h4-5,10-12,15H,6-9,13-14H2,1,3H3,(H,30,31,33). The zero-order chi connectivity index (χ0) is 26.3. The van der Waals surface area contributed by atoms with Crippen molar-refractivity contribution in [2.75, 3.05) is 31.6 Å². The van der Waals surface area contributed by atoms with Crippen LogP contribution >= 0.6 is 0 Å². The second-order valence-corrected chi connectivity index (χ2v) is 9.77. The third kappa shape index (κ3) is 4.37. The summed E-state index contributed by atoms with van der Waals surface area (Å²) in [5.41, 5.74) is 3.01. The van der Waals surface area contributed by atoms with Crippen LogP contribution in [0.2, 0.25) is 0 Å². The Labute approximate surface area is 218 Å². The van der Waals surface area contributed by atoms with E-state index < -0.39 is 0 Å². The first kappa shape index (κ1) is 23.7. The topological polar surface area (TPSA) is 125 Å². The number of ether oxygens (including phenoxy) is 2. The molecule has 4 aromatic heterocycles. The number of aryl methyl sites for hydroxylation is 2. The Morgan fingerprint density at radius 2 is 2.13 bits per heavy atom. The molecule has 1 spiro atoms. The molecule has 192 valence electrons. The summed E-state index contributed by atoms with van der Waals surface area (Å²) >= 11 is 0. The van der Waals surface area contributed by atoms with Crippen molar-refractivity contribution >= 4 is 34.4 Å². The fourth-order valence-corrected chi connectivity index (χ4v) is 4.92. The van der Waals surface area contributed by atoms with Crippen LogP contribution in [0.3, 0.4) is 0 Å². The second kappa shape index (κ2) is 9.35. The first-order chi connectivity index (χ1) is 18.4. The number of rotatable bonds is 5. The van der Waals surface area contributed by atoms with E-state index in [0.29, 0.717) is 65.5 Å². The number of pyridine rings is 2. The quantitative estimate of drug-likeness (QED) is 0.398. The maximum Gasteiger partial charge on any atom is 0.274 e. The largest absolute Gasteiger partial charge is 0.435 e. The predicted molar refractivity (Wildman–Crippen MR) is 138 cm³/mol. The number of aromatic nitrogens is 6. The minimum Gasteiger partial charge on any atom is -0.435 e. The molecule has 2 fully saturated rings. The van der Waals surface area contributed by atoms with E-state index in [9.17, 15) is 4.79 Å². The van der Waals surface area contributed by atoms with Gasteiger partial charge in [0.2, 0.25) is 5.88 Å². The Balaban J connectivity index is 1.22. The van der Waals surface area contributed by atoms with E-state index >= 15 is 0 Å². The summed E-state index contributed by atoms with van der Waals surface area (Å²) in [5, 5.41) is 11.7. The zero-order valence-corrected chi connectivity index (χ0v) is 21.0. The summed E-state index contributed by atoms with van der Waals surface area (Å²) in [6.07, 6.45) is 5.12. The number of nitrogens with one attached hydrogen (secondary N) is 1. The van der Waals surface area contributed by atoms with Gasteiger partial charge in [-0.2, -0.15) is 4.98 Å². The van der Waals surface area contributed by atoms with Gasteiger partial charge in [0.1, 0.15) is 5.52 Å². The number of hydrogen-bond acceptors (Lipinski definition) is 9. The lowest BCUT2D eigenvalue weighted by Crippen LogP contribution is -2.33. The van der Waals surface area contributed by atoms with E-state index in [4.69, 9.17) is 16.0 Å². The molecule has 38 heavy (non-hydrogen) atoms. The molecule has 6 heterocycles. The molecule has 12 heteroatoms. The molecule has 0 radical (unpaired) electrons. The summed E-state index contributed by atoms with van der Waals surface area (Å²) in [5.74, 6) is 1.44. The lowest BCUT2D eigenvalue weighted by Gasteiger charge is -2.21. The molecule has 1 amide bonds. The van der Waals surface area contributed by atoms with E-state index in [1.807, 2.05) is 18.9 Å². The highest BCUT2D eigenvalue weighted by Gasteiger charge is 2.43.